The van der Waals surface area contributed by atoms with Gasteiger partial charge in [-0.15, -0.1) is 0 Å². The van der Waals surface area contributed by atoms with E-state index in [2.05, 4.69) is 0 Å². The van der Waals surface area contributed by atoms with Gasteiger partial charge in [-0.05, 0) is 37.5 Å². The molecule has 0 bridgehead atoms. The monoisotopic (exact) mass is 364 g/mol. The van der Waals surface area contributed by atoms with Crippen LogP contribution in [0, 0.1) is 12.8 Å². The fourth-order valence-electron chi connectivity index (χ4n) is 4.09. The summed E-state index contributed by atoms with van der Waals surface area (Å²) >= 11 is 6.10. The number of carbonyl (C=O) groups is 3. The van der Waals surface area contributed by atoms with Crippen LogP contribution in [0.5, 0.6) is 0 Å². The zero-order valence-corrected chi connectivity index (χ0v) is 15.0. The van der Waals surface area contributed by atoms with E-state index in [4.69, 9.17) is 11.6 Å². The van der Waals surface area contributed by atoms with E-state index < -0.39 is 17.4 Å². The lowest BCUT2D eigenvalue weighted by atomic mass is 9.77. The summed E-state index contributed by atoms with van der Waals surface area (Å²) in [6, 6.07) is 5.24. The van der Waals surface area contributed by atoms with Crippen molar-refractivity contribution in [1.82, 2.24) is 9.80 Å². The Hall–Kier alpha value is -2.08. The Bertz CT molecular complexity index is 741. The highest BCUT2D eigenvalue weighted by molar-refractivity contribution is 6.31. The Morgan fingerprint density at radius 1 is 1.28 bits per heavy atom. The maximum Gasteiger partial charge on any atom is 0.309 e. The lowest BCUT2D eigenvalue weighted by Gasteiger charge is -2.45. The van der Waals surface area contributed by atoms with Crippen LogP contribution in [-0.2, 0) is 9.59 Å². The predicted octanol–water partition coefficient (Wildman–Crippen LogP) is 2.19. The second-order valence-electron chi connectivity index (χ2n) is 6.86. The molecule has 1 spiro atoms. The third kappa shape index (κ3) is 2.78. The summed E-state index contributed by atoms with van der Waals surface area (Å²) < 4.78 is 0. The second-order valence-corrected chi connectivity index (χ2v) is 7.26. The SMILES string of the molecule is Cc1c(Cl)cccc1C(=O)N1CCC2(CC1)[C@H](C(=O)O)CC(=O)N2C. The number of rotatable bonds is 2. The number of amides is 2. The van der Waals surface area contributed by atoms with E-state index in [9.17, 15) is 19.5 Å². The molecular formula is C18H21ClN2O4. The standard InChI is InChI=1S/C18H21ClN2O4/c1-11-12(4-3-5-14(11)19)16(23)21-8-6-18(7-9-21)13(17(24)25)10-15(22)20(18)2/h3-5,13H,6-10H2,1-2H3,(H,24,25)/t13-/m0/s1. The summed E-state index contributed by atoms with van der Waals surface area (Å²) in [5.74, 6) is -1.90. The molecule has 0 aliphatic carbocycles. The topological polar surface area (TPSA) is 77.9 Å². The van der Waals surface area contributed by atoms with Gasteiger partial charge in [0, 0.05) is 37.1 Å². The summed E-state index contributed by atoms with van der Waals surface area (Å²) in [6.45, 7) is 2.66. The van der Waals surface area contributed by atoms with Crippen molar-refractivity contribution >= 4 is 29.4 Å². The minimum atomic E-state index is -0.942. The zero-order valence-electron chi connectivity index (χ0n) is 14.3. The zero-order chi connectivity index (χ0) is 18.4. The van der Waals surface area contributed by atoms with Crippen LogP contribution >= 0.6 is 11.6 Å². The number of nitrogens with zero attached hydrogens (tertiary/aromatic N) is 2. The molecule has 0 unspecified atom stereocenters. The summed E-state index contributed by atoms with van der Waals surface area (Å²) in [5, 5.41) is 10.1. The summed E-state index contributed by atoms with van der Waals surface area (Å²) in [6.07, 6.45) is 0.975. The summed E-state index contributed by atoms with van der Waals surface area (Å²) in [4.78, 5) is 39.8. The summed E-state index contributed by atoms with van der Waals surface area (Å²) in [5.41, 5.74) is 0.614. The minimum Gasteiger partial charge on any atom is -0.481 e. The van der Waals surface area contributed by atoms with E-state index in [0.29, 0.717) is 36.5 Å². The molecule has 2 aliphatic heterocycles. The van der Waals surface area contributed by atoms with Gasteiger partial charge in [-0.25, -0.2) is 0 Å². The molecule has 1 N–H and O–H groups in total. The molecule has 7 heteroatoms. The second kappa shape index (κ2) is 6.33. The highest BCUT2D eigenvalue weighted by Gasteiger charge is 2.55. The van der Waals surface area contributed by atoms with E-state index in [0.717, 1.165) is 5.56 Å². The van der Waals surface area contributed by atoms with Crippen molar-refractivity contribution in [2.75, 3.05) is 20.1 Å². The number of halogens is 1. The van der Waals surface area contributed by atoms with Crippen LogP contribution in [-0.4, -0.2) is 58.4 Å². The molecule has 3 rings (SSSR count). The van der Waals surface area contributed by atoms with Crippen molar-refractivity contribution in [2.45, 2.75) is 31.7 Å². The molecule has 1 aromatic carbocycles. The van der Waals surface area contributed by atoms with Gasteiger partial charge >= 0.3 is 5.97 Å². The maximum absolute atomic E-state index is 12.8. The molecule has 25 heavy (non-hydrogen) atoms. The number of likely N-dealkylation sites (tertiary alicyclic amines) is 2. The number of carbonyl (C=O) groups excluding carboxylic acids is 2. The first-order valence-corrected chi connectivity index (χ1v) is 8.69. The number of carboxylic acid groups (broad SMARTS) is 1. The van der Waals surface area contributed by atoms with Gasteiger partial charge in [0.1, 0.15) is 0 Å². The highest BCUT2D eigenvalue weighted by atomic mass is 35.5. The van der Waals surface area contributed by atoms with Crippen LogP contribution in [0.4, 0.5) is 0 Å². The molecule has 134 valence electrons. The highest BCUT2D eigenvalue weighted by Crippen LogP contribution is 2.43. The van der Waals surface area contributed by atoms with Crippen molar-refractivity contribution < 1.29 is 19.5 Å². The first kappa shape index (κ1) is 17.7. The van der Waals surface area contributed by atoms with Gasteiger partial charge in [0.05, 0.1) is 11.5 Å². The lowest BCUT2D eigenvalue weighted by molar-refractivity contribution is -0.145. The van der Waals surface area contributed by atoms with Crippen LogP contribution in [0.25, 0.3) is 0 Å². The molecule has 2 amide bonds. The fourth-order valence-corrected chi connectivity index (χ4v) is 4.27. The van der Waals surface area contributed by atoms with Crippen molar-refractivity contribution in [2.24, 2.45) is 5.92 Å². The van der Waals surface area contributed by atoms with Crippen molar-refractivity contribution in [3.05, 3.63) is 34.3 Å². The third-order valence-corrected chi connectivity index (χ3v) is 6.19. The number of aliphatic carboxylic acids is 1. The Morgan fingerprint density at radius 3 is 2.52 bits per heavy atom. The molecule has 2 fully saturated rings. The number of carboxylic acids is 1. The number of hydrogen-bond donors (Lipinski definition) is 1. The molecule has 2 saturated heterocycles. The molecule has 1 aromatic rings. The molecule has 0 radical (unpaired) electrons. The molecule has 6 nitrogen and oxygen atoms in total. The maximum atomic E-state index is 12.8. The van der Waals surface area contributed by atoms with E-state index >= 15 is 0 Å². The number of piperidine rings is 1. The van der Waals surface area contributed by atoms with Crippen molar-refractivity contribution in [3.8, 4) is 0 Å². The van der Waals surface area contributed by atoms with Gasteiger partial charge in [-0.1, -0.05) is 17.7 Å². The van der Waals surface area contributed by atoms with E-state index in [1.165, 1.54) is 0 Å². The van der Waals surface area contributed by atoms with Crippen molar-refractivity contribution in [3.63, 3.8) is 0 Å². The van der Waals surface area contributed by atoms with Crippen molar-refractivity contribution in [1.29, 1.82) is 0 Å². The molecule has 2 heterocycles. The molecule has 0 aromatic heterocycles. The Balaban J connectivity index is 1.79. The number of hydrogen-bond acceptors (Lipinski definition) is 3. The van der Waals surface area contributed by atoms with Gasteiger partial charge in [-0.3, -0.25) is 14.4 Å². The third-order valence-electron chi connectivity index (χ3n) is 5.78. The summed E-state index contributed by atoms with van der Waals surface area (Å²) in [7, 11) is 1.67. The molecule has 2 aliphatic rings. The van der Waals surface area contributed by atoms with Gasteiger partial charge in [0.2, 0.25) is 5.91 Å². The van der Waals surface area contributed by atoms with Gasteiger partial charge in [-0.2, -0.15) is 0 Å². The normalized spacial score (nSPS) is 22.5. The van der Waals surface area contributed by atoms with Gasteiger partial charge in [0.25, 0.3) is 5.91 Å². The Morgan fingerprint density at radius 2 is 1.92 bits per heavy atom. The van der Waals surface area contributed by atoms with Gasteiger partial charge in [0.15, 0.2) is 0 Å². The van der Waals surface area contributed by atoms with Crippen LogP contribution in [0.1, 0.15) is 35.2 Å². The first-order chi connectivity index (χ1) is 11.8. The number of benzene rings is 1. The quantitative estimate of drug-likeness (QED) is 0.872. The van der Waals surface area contributed by atoms with Crippen LogP contribution in [0.15, 0.2) is 18.2 Å². The fraction of sp³-hybridized carbons (Fsp3) is 0.500. The van der Waals surface area contributed by atoms with Gasteiger partial charge < -0.3 is 14.9 Å². The van der Waals surface area contributed by atoms with E-state index in [-0.39, 0.29) is 18.2 Å². The average Bonchev–Trinajstić information content (AvgIpc) is 2.83. The van der Waals surface area contributed by atoms with Crippen LogP contribution < -0.4 is 0 Å². The smallest absolute Gasteiger partial charge is 0.309 e. The molecule has 0 saturated carbocycles. The van der Waals surface area contributed by atoms with E-state index in [1.54, 1.807) is 35.0 Å². The van der Waals surface area contributed by atoms with Crippen LogP contribution in [0.2, 0.25) is 5.02 Å². The first-order valence-electron chi connectivity index (χ1n) is 8.32. The van der Waals surface area contributed by atoms with E-state index in [1.807, 2.05) is 6.92 Å². The molecule has 1 atom stereocenters. The molecular weight excluding hydrogens is 344 g/mol. The Labute approximate surface area is 151 Å². The minimum absolute atomic E-state index is 0.0349. The lowest BCUT2D eigenvalue weighted by Crippen LogP contribution is -2.57. The Kier molecular flexibility index (Phi) is 4.49. The van der Waals surface area contributed by atoms with Crippen LogP contribution in [0.3, 0.4) is 0 Å². The predicted molar refractivity (Wildman–Crippen MR) is 92.6 cm³/mol. The largest absolute Gasteiger partial charge is 0.481 e. The average molecular weight is 365 g/mol.